The zero-order chi connectivity index (χ0) is 13.3. The molecule has 1 aromatic carbocycles. The number of carbonyl (C=O) groups excluding carboxylic acids is 1. The van der Waals surface area contributed by atoms with E-state index in [4.69, 9.17) is 5.73 Å². The number of carbonyl (C=O) groups is 1. The summed E-state index contributed by atoms with van der Waals surface area (Å²) in [5.74, 6) is 1.20. The van der Waals surface area contributed by atoms with E-state index in [1.54, 1.807) is 23.7 Å². The summed E-state index contributed by atoms with van der Waals surface area (Å²) in [6.45, 7) is 2.03. The molecule has 0 spiro atoms. The lowest BCUT2D eigenvalue weighted by Gasteiger charge is -2.29. The molecule has 0 saturated carbocycles. The quantitative estimate of drug-likeness (QED) is 0.847. The number of benzene rings is 1. The summed E-state index contributed by atoms with van der Waals surface area (Å²) in [6.07, 6.45) is 2.05. The molecule has 0 bridgehead atoms. The summed E-state index contributed by atoms with van der Waals surface area (Å²) in [4.78, 5) is 14.2. The number of amides is 1. The topological polar surface area (TPSA) is 46.3 Å². The van der Waals surface area contributed by atoms with Gasteiger partial charge in [0.15, 0.2) is 0 Å². The third-order valence-corrected chi connectivity index (χ3v) is 5.33. The van der Waals surface area contributed by atoms with E-state index >= 15 is 0 Å². The van der Waals surface area contributed by atoms with Crippen molar-refractivity contribution < 1.29 is 4.79 Å². The fourth-order valence-corrected chi connectivity index (χ4v) is 3.91. The molecule has 3 nitrogen and oxygen atoms in total. The number of nitrogen functional groups attached to an aromatic ring is 1. The van der Waals surface area contributed by atoms with Crippen molar-refractivity contribution in [1.82, 2.24) is 0 Å². The van der Waals surface area contributed by atoms with Crippen molar-refractivity contribution in [2.75, 3.05) is 23.4 Å². The maximum atomic E-state index is 12.5. The van der Waals surface area contributed by atoms with Gasteiger partial charge in [0.2, 0.25) is 5.91 Å². The minimum absolute atomic E-state index is 0.138. The van der Waals surface area contributed by atoms with Crippen LogP contribution in [0, 0.1) is 0 Å². The van der Waals surface area contributed by atoms with Crippen LogP contribution < -0.4 is 10.6 Å². The highest BCUT2D eigenvalue weighted by molar-refractivity contribution is 9.10. The highest BCUT2D eigenvalue weighted by Crippen LogP contribution is 2.40. The van der Waals surface area contributed by atoms with Crippen LogP contribution in [0.3, 0.4) is 0 Å². The van der Waals surface area contributed by atoms with Crippen LogP contribution in [0.15, 0.2) is 22.7 Å². The first-order valence-corrected chi connectivity index (χ1v) is 7.69. The molecule has 1 atom stereocenters. The number of anilines is 2. The van der Waals surface area contributed by atoms with Gasteiger partial charge in [0.1, 0.15) is 0 Å². The lowest BCUT2D eigenvalue weighted by atomic mass is 10.0. The number of hydrogen-bond donors (Lipinski definition) is 1. The van der Waals surface area contributed by atoms with Crippen LogP contribution in [0.1, 0.15) is 19.8 Å². The van der Waals surface area contributed by atoms with Gasteiger partial charge in [-0.3, -0.25) is 4.79 Å². The van der Waals surface area contributed by atoms with Crippen molar-refractivity contribution in [3.05, 3.63) is 22.7 Å². The summed E-state index contributed by atoms with van der Waals surface area (Å²) in [6, 6.07) is 5.60. The normalized spacial score (nSPS) is 23.1. The smallest absolute Gasteiger partial charge is 0.242 e. The van der Waals surface area contributed by atoms with Gasteiger partial charge in [-0.1, -0.05) is 15.9 Å². The fourth-order valence-electron chi connectivity index (χ4n) is 2.24. The molecule has 1 aliphatic rings. The summed E-state index contributed by atoms with van der Waals surface area (Å²) < 4.78 is 0.625. The van der Waals surface area contributed by atoms with E-state index in [-0.39, 0.29) is 10.7 Å². The average molecular weight is 329 g/mol. The molecule has 0 aliphatic carbocycles. The summed E-state index contributed by atoms with van der Waals surface area (Å²) in [5.41, 5.74) is 7.36. The minimum Gasteiger partial charge on any atom is -0.397 e. The largest absolute Gasteiger partial charge is 0.397 e. The standard InChI is InChI=1S/C13H17BrN2OS/c1-13(6-3-7-18-13)12(17)16(2)11-5-4-9(14)8-10(11)15/h4-5,8H,3,6-7,15H2,1-2H3. The van der Waals surface area contributed by atoms with Gasteiger partial charge >= 0.3 is 0 Å². The van der Waals surface area contributed by atoms with Gasteiger partial charge in [0.05, 0.1) is 16.1 Å². The SMILES string of the molecule is CN(C(=O)C1(C)CCCS1)c1ccc(Br)cc1N. The van der Waals surface area contributed by atoms with Crippen LogP contribution in [-0.4, -0.2) is 23.5 Å². The summed E-state index contributed by atoms with van der Waals surface area (Å²) >= 11 is 5.12. The Hall–Kier alpha value is -0.680. The number of nitrogens with two attached hydrogens (primary N) is 1. The molecule has 1 fully saturated rings. The van der Waals surface area contributed by atoms with Crippen molar-refractivity contribution in [1.29, 1.82) is 0 Å². The first-order valence-electron chi connectivity index (χ1n) is 5.91. The van der Waals surface area contributed by atoms with Crippen LogP contribution in [0.4, 0.5) is 11.4 Å². The highest BCUT2D eigenvalue weighted by atomic mass is 79.9. The third kappa shape index (κ3) is 2.52. The van der Waals surface area contributed by atoms with Crippen molar-refractivity contribution in [2.24, 2.45) is 0 Å². The van der Waals surface area contributed by atoms with E-state index in [9.17, 15) is 4.79 Å². The molecule has 5 heteroatoms. The van der Waals surface area contributed by atoms with Crippen LogP contribution in [0.5, 0.6) is 0 Å². The Morgan fingerprint density at radius 1 is 1.56 bits per heavy atom. The Morgan fingerprint density at radius 2 is 2.28 bits per heavy atom. The molecule has 2 N–H and O–H groups in total. The third-order valence-electron chi connectivity index (χ3n) is 3.33. The molecule has 1 aromatic rings. The van der Waals surface area contributed by atoms with E-state index in [0.29, 0.717) is 5.69 Å². The van der Waals surface area contributed by atoms with E-state index in [1.807, 2.05) is 25.1 Å². The Morgan fingerprint density at radius 3 is 2.83 bits per heavy atom. The number of rotatable bonds is 2. The van der Waals surface area contributed by atoms with Crippen molar-refractivity contribution in [3.8, 4) is 0 Å². The van der Waals surface area contributed by atoms with E-state index in [0.717, 1.165) is 28.8 Å². The highest BCUT2D eigenvalue weighted by Gasteiger charge is 2.39. The summed E-state index contributed by atoms with van der Waals surface area (Å²) in [7, 11) is 1.80. The molecule has 1 amide bonds. The molecule has 0 radical (unpaired) electrons. The van der Waals surface area contributed by atoms with Gasteiger partial charge in [0.25, 0.3) is 0 Å². The Balaban J connectivity index is 2.25. The Labute approximate surface area is 120 Å². The Kier molecular flexibility index (Phi) is 3.92. The van der Waals surface area contributed by atoms with Gasteiger partial charge < -0.3 is 10.6 Å². The first kappa shape index (κ1) is 13.7. The summed E-state index contributed by atoms with van der Waals surface area (Å²) in [5, 5.41) is 0. The Bertz CT molecular complexity index is 472. The van der Waals surface area contributed by atoms with Gasteiger partial charge in [-0.2, -0.15) is 0 Å². The van der Waals surface area contributed by atoms with E-state index < -0.39 is 0 Å². The zero-order valence-corrected chi connectivity index (χ0v) is 13.0. The molecule has 98 valence electrons. The molecule has 1 unspecified atom stereocenters. The monoisotopic (exact) mass is 328 g/mol. The first-order chi connectivity index (χ1) is 8.44. The molecule has 2 rings (SSSR count). The minimum atomic E-state index is -0.297. The maximum Gasteiger partial charge on any atom is 0.242 e. The number of nitrogens with zero attached hydrogens (tertiary/aromatic N) is 1. The zero-order valence-electron chi connectivity index (χ0n) is 10.6. The maximum absolute atomic E-state index is 12.5. The van der Waals surface area contributed by atoms with Crippen LogP contribution >= 0.6 is 27.7 Å². The molecular formula is C13H17BrN2OS. The molecular weight excluding hydrogens is 312 g/mol. The predicted octanol–water partition coefficient (Wildman–Crippen LogP) is 3.28. The molecule has 18 heavy (non-hydrogen) atoms. The second-order valence-corrected chi connectivity index (χ2v) is 7.26. The van der Waals surface area contributed by atoms with Crippen molar-refractivity contribution in [2.45, 2.75) is 24.5 Å². The molecule has 0 aromatic heterocycles. The van der Waals surface area contributed by atoms with Gasteiger partial charge in [-0.05, 0) is 43.7 Å². The number of thioether (sulfide) groups is 1. The van der Waals surface area contributed by atoms with Crippen LogP contribution in [-0.2, 0) is 4.79 Å². The number of hydrogen-bond acceptors (Lipinski definition) is 3. The second-order valence-electron chi connectivity index (χ2n) is 4.75. The molecule has 1 aliphatic heterocycles. The van der Waals surface area contributed by atoms with Crippen molar-refractivity contribution >= 4 is 45.0 Å². The predicted molar refractivity (Wildman–Crippen MR) is 82.1 cm³/mol. The van der Waals surface area contributed by atoms with Gasteiger partial charge in [0, 0.05) is 11.5 Å². The van der Waals surface area contributed by atoms with Gasteiger partial charge in [-0.25, -0.2) is 0 Å². The lowest BCUT2D eigenvalue weighted by molar-refractivity contribution is -0.120. The van der Waals surface area contributed by atoms with Crippen molar-refractivity contribution in [3.63, 3.8) is 0 Å². The molecule has 1 heterocycles. The number of halogens is 1. The van der Waals surface area contributed by atoms with Crippen LogP contribution in [0.25, 0.3) is 0 Å². The van der Waals surface area contributed by atoms with E-state index in [2.05, 4.69) is 15.9 Å². The lowest BCUT2D eigenvalue weighted by Crippen LogP contribution is -2.42. The second kappa shape index (κ2) is 5.13. The van der Waals surface area contributed by atoms with Gasteiger partial charge in [-0.15, -0.1) is 11.8 Å². The average Bonchev–Trinajstić information content (AvgIpc) is 2.76. The fraction of sp³-hybridized carbons (Fsp3) is 0.462. The van der Waals surface area contributed by atoms with E-state index in [1.165, 1.54) is 0 Å². The van der Waals surface area contributed by atoms with Crippen LogP contribution in [0.2, 0.25) is 0 Å². The molecule has 1 saturated heterocycles.